The maximum Gasteiger partial charge on any atom is 0.259 e. The zero-order valence-electron chi connectivity index (χ0n) is 15.7. The molecule has 0 spiro atoms. The molecule has 0 atom stereocenters. The zero-order chi connectivity index (χ0) is 20.5. The number of hydrogen-bond acceptors (Lipinski definition) is 4. The number of carbonyl (C=O) groups excluding carboxylic acids is 2. The van der Waals surface area contributed by atoms with Crippen LogP contribution in [-0.2, 0) is 4.79 Å². The number of nitrogens with zero attached hydrogens (tertiary/aromatic N) is 2. The van der Waals surface area contributed by atoms with Crippen molar-refractivity contribution in [3.8, 4) is 0 Å². The summed E-state index contributed by atoms with van der Waals surface area (Å²) in [7, 11) is 0. The Kier molecular flexibility index (Phi) is 8.29. The molecular weight excluding hydrogens is 399 g/mol. The molecule has 0 radical (unpaired) electrons. The minimum Gasteiger partial charge on any atom is -0.372 e. The van der Waals surface area contributed by atoms with Crippen LogP contribution in [0.25, 0.3) is 0 Å². The summed E-state index contributed by atoms with van der Waals surface area (Å²) in [5, 5.41) is 7.03. The average molecular weight is 421 g/mol. The minimum atomic E-state index is -0.440. The van der Waals surface area contributed by atoms with E-state index in [1.54, 1.807) is 6.21 Å². The number of benzene rings is 2. The molecule has 8 heteroatoms. The van der Waals surface area contributed by atoms with Crippen LogP contribution in [0.4, 0.5) is 5.69 Å². The van der Waals surface area contributed by atoms with Crippen LogP contribution in [0, 0.1) is 0 Å². The van der Waals surface area contributed by atoms with Crippen LogP contribution < -0.4 is 15.6 Å². The number of hydrogen-bond donors (Lipinski definition) is 2. The van der Waals surface area contributed by atoms with E-state index in [4.69, 9.17) is 23.2 Å². The maximum absolute atomic E-state index is 12.0. The summed E-state index contributed by atoms with van der Waals surface area (Å²) in [6.07, 6.45) is 1.55. The molecule has 0 bridgehead atoms. The molecule has 0 fully saturated rings. The van der Waals surface area contributed by atoms with E-state index in [-0.39, 0.29) is 11.6 Å². The van der Waals surface area contributed by atoms with E-state index >= 15 is 0 Å². The van der Waals surface area contributed by atoms with Gasteiger partial charge >= 0.3 is 0 Å². The number of hydrazone groups is 1. The second kappa shape index (κ2) is 10.7. The van der Waals surface area contributed by atoms with Crippen LogP contribution >= 0.6 is 23.2 Å². The molecule has 2 amide bonds. The fourth-order valence-electron chi connectivity index (χ4n) is 2.48. The SMILES string of the molecule is CCN(CC)c1ccc(/C=N/NC(=O)CNC(=O)c2ccc(Cl)c(Cl)c2)cc1. The Bertz CT molecular complexity index is 850. The van der Waals surface area contributed by atoms with Gasteiger partial charge in [0.15, 0.2) is 0 Å². The van der Waals surface area contributed by atoms with Crippen LogP contribution in [0.1, 0.15) is 29.8 Å². The largest absolute Gasteiger partial charge is 0.372 e. The molecule has 0 saturated carbocycles. The van der Waals surface area contributed by atoms with Crippen LogP contribution in [-0.4, -0.2) is 37.7 Å². The third-order valence-corrected chi connectivity index (χ3v) is 4.75. The lowest BCUT2D eigenvalue weighted by molar-refractivity contribution is -0.120. The Morgan fingerprint density at radius 3 is 2.32 bits per heavy atom. The third kappa shape index (κ3) is 6.25. The van der Waals surface area contributed by atoms with Gasteiger partial charge in [-0.3, -0.25) is 9.59 Å². The highest BCUT2D eigenvalue weighted by Crippen LogP contribution is 2.22. The smallest absolute Gasteiger partial charge is 0.259 e. The van der Waals surface area contributed by atoms with Crippen LogP contribution in [0.3, 0.4) is 0 Å². The van der Waals surface area contributed by atoms with Gasteiger partial charge in [-0.15, -0.1) is 0 Å². The van der Waals surface area contributed by atoms with Gasteiger partial charge < -0.3 is 10.2 Å². The molecule has 0 aromatic heterocycles. The standard InChI is InChI=1S/C20H22Cl2N4O2/c1-3-26(4-2)16-8-5-14(6-9-16)12-24-25-19(27)13-23-20(28)15-7-10-17(21)18(22)11-15/h5-12H,3-4,13H2,1-2H3,(H,23,28)(H,25,27)/b24-12+. The fourth-order valence-corrected chi connectivity index (χ4v) is 2.78. The number of carbonyl (C=O) groups is 2. The highest BCUT2D eigenvalue weighted by atomic mass is 35.5. The van der Waals surface area contributed by atoms with Crippen molar-refractivity contribution < 1.29 is 9.59 Å². The van der Waals surface area contributed by atoms with E-state index in [1.807, 2.05) is 24.3 Å². The van der Waals surface area contributed by atoms with Gasteiger partial charge in [0.25, 0.3) is 11.8 Å². The van der Waals surface area contributed by atoms with E-state index in [1.165, 1.54) is 18.2 Å². The molecule has 0 aliphatic carbocycles. The lowest BCUT2D eigenvalue weighted by atomic mass is 10.2. The first-order valence-electron chi connectivity index (χ1n) is 8.84. The first-order valence-corrected chi connectivity index (χ1v) is 9.60. The number of nitrogens with one attached hydrogen (secondary N) is 2. The third-order valence-electron chi connectivity index (χ3n) is 4.02. The Labute approximate surface area is 174 Å². The molecule has 0 aliphatic heterocycles. The van der Waals surface area contributed by atoms with E-state index in [9.17, 15) is 9.59 Å². The quantitative estimate of drug-likeness (QED) is 0.504. The second-order valence-electron chi connectivity index (χ2n) is 5.87. The summed E-state index contributed by atoms with van der Waals surface area (Å²) in [6, 6.07) is 12.4. The normalized spacial score (nSPS) is 10.7. The minimum absolute atomic E-state index is 0.211. The molecule has 2 rings (SSSR count). The monoisotopic (exact) mass is 420 g/mol. The Hall–Kier alpha value is -2.57. The van der Waals surface area contributed by atoms with Crippen molar-refractivity contribution in [2.45, 2.75) is 13.8 Å². The highest BCUT2D eigenvalue weighted by molar-refractivity contribution is 6.42. The first-order chi connectivity index (χ1) is 13.4. The van der Waals surface area contributed by atoms with Crippen LogP contribution in [0.15, 0.2) is 47.6 Å². The lowest BCUT2D eigenvalue weighted by Crippen LogP contribution is -2.34. The molecule has 28 heavy (non-hydrogen) atoms. The zero-order valence-corrected chi connectivity index (χ0v) is 17.2. The van der Waals surface area contributed by atoms with E-state index < -0.39 is 11.8 Å². The van der Waals surface area contributed by atoms with Crippen molar-refractivity contribution in [2.75, 3.05) is 24.5 Å². The van der Waals surface area contributed by atoms with Crippen molar-refractivity contribution in [1.29, 1.82) is 0 Å². The molecule has 148 valence electrons. The van der Waals surface area contributed by atoms with Gasteiger partial charge in [-0.1, -0.05) is 35.3 Å². The number of anilines is 1. The number of rotatable bonds is 8. The van der Waals surface area contributed by atoms with Crippen molar-refractivity contribution in [3.05, 3.63) is 63.6 Å². The van der Waals surface area contributed by atoms with Crippen molar-refractivity contribution in [2.24, 2.45) is 5.10 Å². The van der Waals surface area contributed by atoms with Gasteiger partial charge in [0, 0.05) is 24.3 Å². The van der Waals surface area contributed by atoms with Gasteiger partial charge in [0.05, 0.1) is 22.8 Å². The van der Waals surface area contributed by atoms with E-state index in [0.29, 0.717) is 10.6 Å². The molecule has 2 N–H and O–H groups in total. The fraction of sp³-hybridized carbons (Fsp3) is 0.250. The van der Waals surface area contributed by atoms with Crippen molar-refractivity contribution in [3.63, 3.8) is 0 Å². The molecule has 2 aromatic rings. The van der Waals surface area contributed by atoms with Crippen LogP contribution in [0.5, 0.6) is 0 Å². The maximum atomic E-state index is 12.0. The molecule has 6 nitrogen and oxygen atoms in total. The number of halogens is 2. The predicted octanol–water partition coefficient (Wildman–Crippen LogP) is 3.72. The molecular formula is C20H22Cl2N4O2. The summed E-state index contributed by atoms with van der Waals surface area (Å²) < 4.78 is 0. The van der Waals surface area contributed by atoms with Gasteiger partial charge in [-0.2, -0.15) is 5.10 Å². The van der Waals surface area contributed by atoms with Crippen molar-refractivity contribution >= 4 is 46.9 Å². The summed E-state index contributed by atoms with van der Waals surface area (Å²) in [5.41, 5.74) is 4.69. The molecule has 0 heterocycles. The number of amides is 2. The lowest BCUT2D eigenvalue weighted by Gasteiger charge is -2.20. The first kappa shape index (κ1) is 21.7. The predicted molar refractivity (Wildman–Crippen MR) is 115 cm³/mol. The van der Waals surface area contributed by atoms with Gasteiger partial charge in [-0.25, -0.2) is 5.43 Å². The summed E-state index contributed by atoms with van der Waals surface area (Å²) >= 11 is 11.7. The summed E-state index contributed by atoms with van der Waals surface area (Å²) in [4.78, 5) is 26.1. The highest BCUT2D eigenvalue weighted by Gasteiger charge is 2.09. The molecule has 0 aliphatic rings. The van der Waals surface area contributed by atoms with Gasteiger partial charge in [-0.05, 0) is 49.7 Å². The molecule has 0 unspecified atom stereocenters. The summed E-state index contributed by atoms with van der Waals surface area (Å²) in [6.45, 7) is 5.88. The molecule has 2 aromatic carbocycles. The van der Waals surface area contributed by atoms with Gasteiger partial charge in [0.2, 0.25) is 0 Å². The van der Waals surface area contributed by atoms with Gasteiger partial charge in [0.1, 0.15) is 0 Å². The molecule has 0 saturated heterocycles. The second-order valence-corrected chi connectivity index (χ2v) is 6.68. The topological polar surface area (TPSA) is 73.8 Å². The Morgan fingerprint density at radius 1 is 1.04 bits per heavy atom. The van der Waals surface area contributed by atoms with Crippen LogP contribution in [0.2, 0.25) is 10.0 Å². The van der Waals surface area contributed by atoms with E-state index in [0.717, 1.165) is 24.3 Å². The average Bonchev–Trinajstić information content (AvgIpc) is 2.70. The van der Waals surface area contributed by atoms with Crippen molar-refractivity contribution in [1.82, 2.24) is 10.7 Å². The summed E-state index contributed by atoms with van der Waals surface area (Å²) in [5.74, 6) is -0.867. The van der Waals surface area contributed by atoms with E-state index in [2.05, 4.69) is 34.6 Å². The Balaban J connectivity index is 1.81. The Morgan fingerprint density at radius 2 is 1.71 bits per heavy atom.